The first kappa shape index (κ1) is 45.7. The van der Waals surface area contributed by atoms with Gasteiger partial charge in [-0.1, -0.05) is 57.0 Å². The standard InChI is InChI=1S/C51H59ClN6O7S/c1-50(2)15-11-33(12-16-50)23-34-24-43-45(58(60)61)27-41(28-46(43)64-32-34)66(62,63)55-49(59)42-10-9-39(26-47(42)65-40-25-36-14-18-53-48(36)54-30-40)57-21-19-56(20-22-57)31-37-13-17-51(3,4)29-44(37)35-5-7-38(52)8-6-35/h5-10,14,18,25-28,30,33-34H,11-13,15-17,19-24,29,31-32H2,1-4H3,(H,53,54)(H,55,59)/t34-/m0/s1. The summed E-state index contributed by atoms with van der Waals surface area (Å²) < 4.78 is 42.6. The molecule has 0 unspecified atom stereocenters. The fourth-order valence-electron chi connectivity index (χ4n) is 10.3. The second-order valence-corrected chi connectivity index (χ2v) is 22.5. The molecule has 0 bridgehead atoms. The molecular weight excluding hydrogens is 876 g/mol. The maximum Gasteiger partial charge on any atom is 0.277 e. The van der Waals surface area contributed by atoms with E-state index in [4.69, 9.17) is 21.1 Å². The number of anilines is 1. The number of aromatic amines is 1. The maximum atomic E-state index is 14.1. The summed E-state index contributed by atoms with van der Waals surface area (Å²) in [6, 6.07) is 19.3. The molecular formula is C51H59ClN6O7S. The Hall–Kier alpha value is -5.44. The third-order valence-electron chi connectivity index (χ3n) is 14.3. The zero-order valence-corrected chi connectivity index (χ0v) is 39.8. The average molecular weight is 936 g/mol. The molecule has 2 aliphatic heterocycles. The van der Waals surface area contributed by atoms with Crippen LogP contribution in [0.25, 0.3) is 16.6 Å². The van der Waals surface area contributed by atoms with E-state index in [0.717, 1.165) is 106 Å². The first-order chi connectivity index (χ1) is 31.5. The molecule has 2 aliphatic carbocycles. The number of nitrogens with zero attached hydrogens (tertiary/aromatic N) is 4. The molecule has 4 heterocycles. The zero-order chi connectivity index (χ0) is 46.4. The van der Waals surface area contributed by atoms with Gasteiger partial charge in [0.15, 0.2) is 0 Å². The molecule has 2 fully saturated rings. The number of nitrogens with one attached hydrogen (secondary N) is 2. The van der Waals surface area contributed by atoms with E-state index in [2.05, 4.69) is 64.3 Å². The number of allylic oxidation sites excluding steroid dienone is 1. The molecule has 1 amide bonds. The quantitative estimate of drug-likeness (QED) is 0.0910. The number of carbonyl (C=O) groups is 1. The molecule has 0 radical (unpaired) electrons. The minimum atomic E-state index is -4.62. The third kappa shape index (κ3) is 10.3. The summed E-state index contributed by atoms with van der Waals surface area (Å²) in [5.74, 6) is 0.309. The van der Waals surface area contributed by atoms with Crippen LogP contribution < -0.4 is 19.1 Å². The molecule has 13 nitrogen and oxygen atoms in total. The fraction of sp³-hybridized carbons (Fsp3) is 0.451. The number of sulfonamides is 1. The third-order valence-corrected chi connectivity index (χ3v) is 15.9. The SMILES string of the molecule is CC1(C)CCC(C[C@@H]2COc3cc(S(=O)(=O)NC(=O)c4ccc(N5CCN(CC6=C(c7ccc(Cl)cc7)CC(C)(C)CC6)CC5)cc4Oc4cnc5[nH]ccc5c4)cc([N+](=O)[O-])c3C2)CC1. The van der Waals surface area contributed by atoms with Crippen molar-refractivity contribution in [3.8, 4) is 17.2 Å². The molecule has 4 aliphatic rings. The molecule has 2 N–H and O–H groups in total. The molecule has 9 rings (SSSR count). The number of halogens is 1. The fourth-order valence-corrected chi connectivity index (χ4v) is 11.5. The van der Waals surface area contributed by atoms with Crippen molar-refractivity contribution >= 4 is 55.5 Å². The first-order valence-corrected chi connectivity index (χ1v) is 25.0. The lowest BCUT2D eigenvalue weighted by molar-refractivity contribution is -0.386. The van der Waals surface area contributed by atoms with Gasteiger partial charge >= 0.3 is 0 Å². The van der Waals surface area contributed by atoms with Crippen molar-refractivity contribution in [3.63, 3.8) is 0 Å². The zero-order valence-electron chi connectivity index (χ0n) is 38.2. The van der Waals surface area contributed by atoms with Crippen LogP contribution in [-0.4, -0.2) is 73.4 Å². The minimum absolute atomic E-state index is 0.0327. The van der Waals surface area contributed by atoms with Gasteiger partial charge in [-0.05, 0) is 128 Å². The van der Waals surface area contributed by atoms with Crippen LogP contribution in [0.2, 0.25) is 5.02 Å². The molecule has 348 valence electrons. The average Bonchev–Trinajstić information content (AvgIpc) is 3.76. The number of H-pyrrole nitrogens is 1. The largest absolute Gasteiger partial charge is 0.493 e. The summed E-state index contributed by atoms with van der Waals surface area (Å²) in [7, 11) is -4.62. The van der Waals surface area contributed by atoms with Gasteiger partial charge in [0.05, 0.1) is 33.7 Å². The smallest absolute Gasteiger partial charge is 0.277 e. The van der Waals surface area contributed by atoms with Gasteiger partial charge < -0.3 is 19.4 Å². The summed E-state index contributed by atoms with van der Waals surface area (Å²) >= 11 is 6.26. The van der Waals surface area contributed by atoms with Gasteiger partial charge in [0.25, 0.3) is 21.6 Å². The number of aromatic nitrogens is 2. The highest BCUT2D eigenvalue weighted by Crippen LogP contribution is 2.45. The Bertz CT molecular complexity index is 2790. The highest BCUT2D eigenvalue weighted by Gasteiger charge is 2.35. The second kappa shape index (κ2) is 18.3. The Morgan fingerprint density at radius 1 is 0.970 bits per heavy atom. The van der Waals surface area contributed by atoms with Gasteiger partial charge in [-0.25, -0.2) is 18.1 Å². The number of carbonyl (C=O) groups excluding carboxylic acids is 1. The highest BCUT2D eigenvalue weighted by atomic mass is 35.5. The van der Waals surface area contributed by atoms with E-state index in [9.17, 15) is 23.3 Å². The van der Waals surface area contributed by atoms with Crippen LogP contribution in [0.3, 0.4) is 0 Å². The van der Waals surface area contributed by atoms with Gasteiger partial charge in [-0.3, -0.25) is 19.8 Å². The number of hydrogen-bond acceptors (Lipinski definition) is 10. The minimum Gasteiger partial charge on any atom is -0.493 e. The number of fused-ring (bicyclic) bond motifs is 2. The first-order valence-electron chi connectivity index (χ1n) is 23.2. The molecule has 2 aromatic heterocycles. The van der Waals surface area contributed by atoms with Crippen molar-refractivity contribution in [2.45, 2.75) is 90.4 Å². The molecule has 3 aromatic carbocycles. The predicted octanol–water partition coefficient (Wildman–Crippen LogP) is 11.0. The molecule has 1 atom stereocenters. The van der Waals surface area contributed by atoms with Crippen LogP contribution in [0.5, 0.6) is 17.2 Å². The Balaban J connectivity index is 0.929. The molecule has 5 aromatic rings. The molecule has 1 saturated heterocycles. The predicted molar refractivity (Wildman–Crippen MR) is 258 cm³/mol. The number of hydrogen-bond donors (Lipinski definition) is 2. The van der Waals surface area contributed by atoms with Gasteiger partial charge in [0.1, 0.15) is 22.9 Å². The van der Waals surface area contributed by atoms with Crippen molar-refractivity contribution in [2.75, 3.05) is 44.2 Å². The summed E-state index contributed by atoms with van der Waals surface area (Å²) in [5, 5.41) is 14.0. The van der Waals surface area contributed by atoms with E-state index in [-0.39, 0.29) is 34.1 Å². The van der Waals surface area contributed by atoms with Crippen LogP contribution in [0.15, 0.2) is 89.6 Å². The maximum absolute atomic E-state index is 14.1. The molecule has 0 spiro atoms. The normalized spacial score (nSPS) is 20.1. The van der Waals surface area contributed by atoms with E-state index in [1.165, 1.54) is 29.0 Å². The van der Waals surface area contributed by atoms with Crippen molar-refractivity contribution in [1.29, 1.82) is 0 Å². The van der Waals surface area contributed by atoms with Crippen molar-refractivity contribution in [3.05, 3.63) is 117 Å². The monoisotopic (exact) mass is 934 g/mol. The van der Waals surface area contributed by atoms with Crippen LogP contribution in [0.1, 0.15) is 101 Å². The number of amides is 1. The topological polar surface area (TPSA) is 160 Å². The number of ether oxygens (including phenoxy) is 2. The number of pyridine rings is 1. The Kier molecular flexibility index (Phi) is 12.7. The molecule has 15 heteroatoms. The lowest BCUT2D eigenvalue weighted by atomic mass is 9.70. The van der Waals surface area contributed by atoms with Gasteiger partial charge in [-0.2, -0.15) is 0 Å². The second-order valence-electron chi connectivity index (χ2n) is 20.4. The van der Waals surface area contributed by atoms with Gasteiger partial charge in [0, 0.05) is 73.2 Å². The number of nitro groups is 1. The highest BCUT2D eigenvalue weighted by molar-refractivity contribution is 7.90. The van der Waals surface area contributed by atoms with Crippen LogP contribution in [0, 0.1) is 32.8 Å². The Morgan fingerprint density at radius 3 is 2.47 bits per heavy atom. The number of benzene rings is 3. The number of piperazine rings is 1. The number of rotatable bonds is 12. The summed E-state index contributed by atoms with van der Waals surface area (Å²) in [4.78, 5) is 37.8. The lowest BCUT2D eigenvalue weighted by Gasteiger charge is -2.39. The van der Waals surface area contributed by atoms with Crippen LogP contribution >= 0.6 is 11.6 Å². The van der Waals surface area contributed by atoms with E-state index in [0.29, 0.717) is 41.3 Å². The van der Waals surface area contributed by atoms with Crippen molar-refractivity contribution in [2.24, 2.45) is 22.7 Å². The summed E-state index contributed by atoms with van der Waals surface area (Å²) in [6.45, 7) is 13.6. The number of nitro benzene ring substituents is 1. The van der Waals surface area contributed by atoms with E-state index >= 15 is 0 Å². The van der Waals surface area contributed by atoms with Crippen molar-refractivity contribution in [1.82, 2.24) is 19.6 Å². The van der Waals surface area contributed by atoms with E-state index in [1.807, 2.05) is 18.2 Å². The summed E-state index contributed by atoms with van der Waals surface area (Å²) in [6.07, 6.45) is 12.4. The Labute approximate surface area is 392 Å². The van der Waals surface area contributed by atoms with E-state index in [1.54, 1.807) is 30.5 Å². The summed E-state index contributed by atoms with van der Waals surface area (Å²) in [5.41, 5.74) is 6.17. The van der Waals surface area contributed by atoms with E-state index < -0.39 is 25.7 Å². The van der Waals surface area contributed by atoms with Crippen molar-refractivity contribution < 1.29 is 27.6 Å². The van der Waals surface area contributed by atoms with Crippen LogP contribution in [-0.2, 0) is 16.4 Å². The van der Waals surface area contributed by atoms with Crippen LogP contribution in [0.4, 0.5) is 11.4 Å². The Morgan fingerprint density at radius 2 is 1.73 bits per heavy atom. The van der Waals surface area contributed by atoms with Gasteiger partial charge in [0.2, 0.25) is 0 Å². The van der Waals surface area contributed by atoms with Gasteiger partial charge in [-0.15, -0.1) is 0 Å². The lowest BCUT2D eigenvalue weighted by Crippen LogP contribution is -2.47. The molecule has 66 heavy (non-hydrogen) atoms. The molecule has 1 saturated carbocycles.